The maximum absolute atomic E-state index is 13.0. The summed E-state index contributed by atoms with van der Waals surface area (Å²) in [6, 6.07) is 5.11. The van der Waals surface area contributed by atoms with Crippen LogP contribution < -0.4 is 5.56 Å². The Morgan fingerprint density at radius 3 is 2.89 bits per heavy atom. The van der Waals surface area contributed by atoms with Gasteiger partial charge in [-0.05, 0) is 31.9 Å². The van der Waals surface area contributed by atoms with Gasteiger partial charge >= 0.3 is 0 Å². The van der Waals surface area contributed by atoms with Crippen molar-refractivity contribution in [2.45, 2.75) is 32.6 Å². The van der Waals surface area contributed by atoms with Crippen LogP contribution in [0.2, 0.25) is 0 Å². The van der Waals surface area contributed by atoms with Gasteiger partial charge in [-0.15, -0.1) is 0 Å². The molecule has 1 N–H and O–H groups in total. The molecule has 0 aliphatic carbocycles. The highest BCUT2D eigenvalue weighted by atomic mass is 16.5. The number of aryl methyl sites for hydroxylation is 2. The number of aromatic amines is 1. The molecule has 8 heteroatoms. The van der Waals surface area contributed by atoms with E-state index in [-0.39, 0.29) is 17.4 Å². The van der Waals surface area contributed by atoms with Gasteiger partial charge in [0, 0.05) is 43.0 Å². The van der Waals surface area contributed by atoms with Crippen molar-refractivity contribution in [2.75, 3.05) is 13.1 Å². The number of aromatic nitrogens is 4. The Hall–Kier alpha value is -3.29. The Labute approximate surface area is 161 Å². The highest BCUT2D eigenvalue weighted by Gasteiger charge is 2.32. The minimum atomic E-state index is -0.204. The fraction of sp³-hybridized carbons (Fsp3) is 0.350. The van der Waals surface area contributed by atoms with Crippen LogP contribution in [-0.2, 0) is 6.42 Å². The van der Waals surface area contributed by atoms with Crippen LogP contribution >= 0.6 is 0 Å². The molecule has 0 unspecified atom stereocenters. The molecule has 0 bridgehead atoms. The summed E-state index contributed by atoms with van der Waals surface area (Å²) >= 11 is 0. The van der Waals surface area contributed by atoms with Crippen molar-refractivity contribution in [1.29, 1.82) is 0 Å². The van der Waals surface area contributed by atoms with Gasteiger partial charge in [-0.2, -0.15) is 0 Å². The Morgan fingerprint density at radius 2 is 2.14 bits per heavy atom. The van der Waals surface area contributed by atoms with E-state index in [0.29, 0.717) is 48.0 Å². The molecule has 28 heavy (non-hydrogen) atoms. The SMILES string of the molecule is CCc1noc(C)c1C(=O)N1CC[C@@H](c2nc(-c3ccncc3)cc(=O)[nH]2)C1. The van der Waals surface area contributed by atoms with Crippen molar-refractivity contribution in [1.82, 2.24) is 25.0 Å². The normalized spacial score (nSPS) is 16.5. The Morgan fingerprint density at radius 1 is 1.36 bits per heavy atom. The molecule has 1 aliphatic heterocycles. The van der Waals surface area contributed by atoms with Gasteiger partial charge in [-0.3, -0.25) is 14.6 Å². The molecular weight excluding hydrogens is 358 g/mol. The Kier molecular flexibility index (Phi) is 4.77. The van der Waals surface area contributed by atoms with Crippen molar-refractivity contribution in [3.05, 3.63) is 63.8 Å². The molecule has 8 nitrogen and oxygen atoms in total. The predicted molar refractivity (Wildman–Crippen MR) is 102 cm³/mol. The quantitative estimate of drug-likeness (QED) is 0.746. The molecule has 0 spiro atoms. The highest BCUT2D eigenvalue weighted by Crippen LogP contribution is 2.28. The molecule has 0 saturated carbocycles. The van der Waals surface area contributed by atoms with Crippen LogP contribution in [0, 0.1) is 6.92 Å². The van der Waals surface area contributed by atoms with Crippen LogP contribution in [0.15, 0.2) is 39.9 Å². The number of nitrogens with one attached hydrogen (secondary N) is 1. The van der Waals surface area contributed by atoms with Crippen LogP contribution in [0.3, 0.4) is 0 Å². The lowest BCUT2D eigenvalue weighted by Gasteiger charge is -2.16. The third-order valence-corrected chi connectivity index (χ3v) is 5.08. The lowest BCUT2D eigenvalue weighted by atomic mass is 10.1. The number of carbonyl (C=O) groups excluding carboxylic acids is 1. The van der Waals surface area contributed by atoms with Gasteiger partial charge < -0.3 is 14.4 Å². The van der Waals surface area contributed by atoms with Crippen molar-refractivity contribution in [2.24, 2.45) is 0 Å². The molecule has 1 amide bonds. The van der Waals surface area contributed by atoms with Crippen LogP contribution in [0.25, 0.3) is 11.3 Å². The molecule has 1 saturated heterocycles. The summed E-state index contributed by atoms with van der Waals surface area (Å²) in [4.78, 5) is 38.4. The van der Waals surface area contributed by atoms with Gasteiger partial charge in [0.25, 0.3) is 11.5 Å². The maximum Gasteiger partial charge on any atom is 0.259 e. The summed E-state index contributed by atoms with van der Waals surface area (Å²) in [6.45, 7) is 4.79. The molecule has 144 valence electrons. The van der Waals surface area contributed by atoms with Gasteiger partial charge in [-0.25, -0.2) is 4.98 Å². The number of H-pyrrole nitrogens is 1. The number of likely N-dealkylation sites (tertiary alicyclic amines) is 1. The molecule has 0 radical (unpaired) electrons. The average Bonchev–Trinajstić information content (AvgIpc) is 3.34. The van der Waals surface area contributed by atoms with Crippen molar-refractivity contribution < 1.29 is 9.32 Å². The molecular formula is C20H21N5O3. The van der Waals surface area contributed by atoms with Crippen LogP contribution in [0.1, 0.15) is 46.9 Å². The van der Waals surface area contributed by atoms with E-state index < -0.39 is 0 Å². The Bertz CT molecular complexity index is 1060. The first-order valence-electron chi connectivity index (χ1n) is 9.33. The number of amides is 1. The lowest BCUT2D eigenvalue weighted by Crippen LogP contribution is -2.29. The summed E-state index contributed by atoms with van der Waals surface area (Å²) in [5, 5.41) is 3.97. The molecule has 1 fully saturated rings. The zero-order chi connectivity index (χ0) is 19.7. The molecule has 1 atom stereocenters. The van der Waals surface area contributed by atoms with Crippen molar-refractivity contribution >= 4 is 5.91 Å². The van der Waals surface area contributed by atoms with E-state index in [1.165, 1.54) is 6.07 Å². The average molecular weight is 379 g/mol. The second kappa shape index (κ2) is 7.38. The third-order valence-electron chi connectivity index (χ3n) is 5.08. The molecule has 4 heterocycles. The summed E-state index contributed by atoms with van der Waals surface area (Å²) < 4.78 is 5.20. The second-order valence-corrected chi connectivity index (χ2v) is 6.90. The maximum atomic E-state index is 13.0. The highest BCUT2D eigenvalue weighted by molar-refractivity contribution is 5.96. The molecule has 3 aromatic rings. The first kappa shape index (κ1) is 18.1. The molecule has 0 aromatic carbocycles. The largest absolute Gasteiger partial charge is 0.361 e. The fourth-order valence-electron chi connectivity index (χ4n) is 3.60. The van der Waals surface area contributed by atoms with Crippen LogP contribution in [0.4, 0.5) is 0 Å². The number of pyridine rings is 1. The standard InChI is InChI=1S/C20H21N5O3/c1-3-15-18(12(2)28-24-15)20(27)25-9-6-14(11-25)19-22-16(10-17(26)23-19)13-4-7-21-8-5-13/h4-5,7-8,10,14H,3,6,9,11H2,1-2H3,(H,22,23,26)/t14-/m1/s1. The summed E-state index contributed by atoms with van der Waals surface area (Å²) in [6.07, 6.45) is 4.71. The van der Waals surface area contributed by atoms with E-state index >= 15 is 0 Å². The first-order chi connectivity index (χ1) is 13.6. The van der Waals surface area contributed by atoms with Gasteiger partial charge in [0.2, 0.25) is 0 Å². The number of rotatable bonds is 4. The van der Waals surface area contributed by atoms with E-state index in [1.54, 1.807) is 24.2 Å². The summed E-state index contributed by atoms with van der Waals surface area (Å²) in [7, 11) is 0. The van der Waals surface area contributed by atoms with E-state index in [9.17, 15) is 9.59 Å². The van der Waals surface area contributed by atoms with Gasteiger partial charge in [-0.1, -0.05) is 12.1 Å². The minimum absolute atomic E-state index is 0.0244. The van der Waals surface area contributed by atoms with Crippen LogP contribution in [-0.4, -0.2) is 44.0 Å². The molecule has 3 aromatic heterocycles. The van der Waals surface area contributed by atoms with E-state index in [1.807, 2.05) is 19.1 Å². The van der Waals surface area contributed by atoms with Gasteiger partial charge in [0.05, 0.1) is 11.4 Å². The van der Waals surface area contributed by atoms with Crippen LogP contribution in [0.5, 0.6) is 0 Å². The van der Waals surface area contributed by atoms with E-state index in [0.717, 1.165) is 12.0 Å². The van der Waals surface area contributed by atoms with E-state index in [4.69, 9.17) is 4.52 Å². The predicted octanol–water partition coefficient (Wildman–Crippen LogP) is 2.32. The summed E-state index contributed by atoms with van der Waals surface area (Å²) in [5.41, 5.74) is 2.46. The monoisotopic (exact) mass is 379 g/mol. The smallest absolute Gasteiger partial charge is 0.259 e. The van der Waals surface area contributed by atoms with Crippen molar-refractivity contribution in [3.63, 3.8) is 0 Å². The number of hydrogen-bond donors (Lipinski definition) is 1. The molecule has 4 rings (SSSR count). The molecule has 1 aliphatic rings. The minimum Gasteiger partial charge on any atom is -0.361 e. The number of hydrogen-bond acceptors (Lipinski definition) is 6. The summed E-state index contributed by atoms with van der Waals surface area (Å²) in [5.74, 6) is 1.04. The zero-order valence-corrected chi connectivity index (χ0v) is 15.8. The zero-order valence-electron chi connectivity index (χ0n) is 15.8. The first-order valence-corrected chi connectivity index (χ1v) is 9.33. The lowest BCUT2D eigenvalue weighted by molar-refractivity contribution is 0.0788. The number of nitrogens with zero attached hydrogens (tertiary/aromatic N) is 4. The van der Waals surface area contributed by atoms with Gasteiger partial charge in [0.15, 0.2) is 0 Å². The third kappa shape index (κ3) is 3.33. The van der Waals surface area contributed by atoms with E-state index in [2.05, 4.69) is 20.1 Å². The Balaban J connectivity index is 1.58. The second-order valence-electron chi connectivity index (χ2n) is 6.90. The fourth-order valence-corrected chi connectivity index (χ4v) is 3.60. The number of carbonyl (C=O) groups is 1. The van der Waals surface area contributed by atoms with Gasteiger partial charge in [0.1, 0.15) is 17.1 Å². The topological polar surface area (TPSA) is 105 Å². The van der Waals surface area contributed by atoms with Crippen molar-refractivity contribution in [3.8, 4) is 11.3 Å².